The van der Waals surface area contributed by atoms with Crippen LogP contribution in [-0.4, -0.2) is 35.6 Å². The van der Waals surface area contributed by atoms with Gasteiger partial charge in [-0.15, -0.1) is 0 Å². The highest BCUT2D eigenvalue weighted by molar-refractivity contribution is 5.83. The third kappa shape index (κ3) is 3.26. The quantitative estimate of drug-likeness (QED) is 0.813. The van der Waals surface area contributed by atoms with Gasteiger partial charge in [-0.25, -0.2) is 0 Å². The van der Waals surface area contributed by atoms with Crippen LogP contribution in [0.2, 0.25) is 0 Å². The Balaban J connectivity index is 2.06. The second kappa shape index (κ2) is 6.06. The second-order valence-electron chi connectivity index (χ2n) is 5.37. The molecule has 4 nitrogen and oxygen atoms in total. The van der Waals surface area contributed by atoms with Crippen LogP contribution in [0, 0.1) is 5.92 Å². The van der Waals surface area contributed by atoms with E-state index < -0.39 is 0 Å². The van der Waals surface area contributed by atoms with E-state index in [1.807, 2.05) is 36.1 Å². The zero-order valence-corrected chi connectivity index (χ0v) is 11.4. The lowest BCUT2D eigenvalue weighted by molar-refractivity contribution is -0.134. The molecule has 0 aromatic heterocycles. The number of carbonyl (C=O) groups is 1. The van der Waals surface area contributed by atoms with E-state index in [0.29, 0.717) is 12.2 Å². The second-order valence-corrected chi connectivity index (χ2v) is 5.37. The first-order chi connectivity index (χ1) is 9.11. The van der Waals surface area contributed by atoms with Crippen molar-refractivity contribution in [1.29, 1.82) is 0 Å². The molecule has 2 unspecified atom stereocenters. The van der Waals surface area contributed by atoms with Crippen LogP contribution in [0.15, 0.2) is 24.3 Å². The van der Waals surface area contributed by atoms with Crippen LogP contribution in [0.4, 0.5) is 5.69 Å². The fourth-order valence-electron chi connectivity index (χ4n) is 2.66. The SMILES string of the molecule is CC(C(=O)N1CCCC(CO)C1)c1cccc(N)c1. The highest BCUT2D eigenvalue weighted by atomic mass is 16.3. The van der Waals surface area contributed by atoms with Crippen molar-refractivity contribution in [3.05, 3.63) is 29.8 Å². The largest absolute Gasteiger partial charge is 0.399 e. The Hall–Kier alpha value is -1.55. The van der Waals surface area contributed by atoms with Crippen LogP contribution in [-0.2, 0) is 4.79 Å². The number of likely N-dealkylation sites (tertiary alicyclic amines) is 1. The molecule has 1 aliphatic rings. The molecule has 0 bridgehead atoms. The van der Waals surface area contributed by atoms with E-state index in [-0.39, 0.29) is 24.3 Å². The summed E-state index contributed by atoms with van der Waals surface area (Å²) in [5.74, 6) is 0.176. The number of rotatable bonds is 3. The Morgan fingerprint density at radius 3 is 3.05 bits per heavy atom. The Morgan fingerprint density at radius 1 is 1.58 bits per heavy atom. The molecule has 19 heavy (non-hydrogen) atoms. The van der Waals surface area contributed by atoms with Crippen molar-refractivity contribution < 1.29 is 9.90 Å². The lowest BCUT2D eigenvalue weighted by Gasteiger charge is -2.33. The van der Waals surface area contributed by atoms with Gasteiger partial charge in [0.1, 0.15) is 0 Å². The van der Waals surface area contributed by atoms with Crippen molar-refractivity contribution in [2.24, 2.45) is 5.92 Å². The lowest BCUT2D eigenvalue weighted by atomic mass is 9.95. The first-order valence-corrected chi connectivity index (χ1v) is 6.87. The molecular weight excluding hydrogens is 240 g/mol. The molecule has 1 fully saturated rings. The number of amides is 1. The number of piperidine rings is 1. The molecule has 1 aromatic carbocycles. The van der Waals surface area contributed by atoms with Gasteiger partial charge in [-0.2, -0.15) is 0 Å². The van der Waals surface area contributed by atoms with Crippen LogP contribution in [0.5, 0.6) is 0 Å². The Kier molecular flexibility index (Phi) is 4.43. The van der Waals surface area contributed by atoms with Gasteiger partial charge in [-0.1, -0.05) is 12.1 Å². The van der Waals surface area contributed by atoms with Gasteiger partial charge in [0.05, 0.1) is 5.92 Å². The molecule has 3 N–H and O–H groups in total. The van der Waals surface area contributed by atoms with Crippen LogP contribution < -0.4 is 5.73 Å². The van der Waals surface area contributed by atoms with Crippen molar-refractivity contribution in [2.75, 3.05) is 25.4 Å². The zero-order valence-electron chi connectivity index (χ0n) is 11.4. The molecule has 1 aliphatic heterocycles. The van der Waals surface area contributed by atoms with E-state index in [1.165, 1.54) is 0 Å². The lowest BCUT2D eigenvalue weighted by Crippen LogP contribution is -2.42. The Labute approximate surface area is 114 Å². The smallest absolute Gasteiger partial charge is 0.229 e. The van der Waals surface area contributed by atoms with Crippen molar-refractivity contribution in [3.63, 3.8) is 0 Å². The number of aliphatic hydroxyl groups is 1. The van der Waals surface area contributed by atoms with Gasteiger partial charge in [0, 0.05) is 25.4 Å². The summed E-state index contributed by atoms with van der Waals surface area (Å²) in [6.45, 7) is 3.54. The molecule has 104 valence electrons. The number of hydrogen-bond acceptors (Lipinski definition) is 3. The maximum atomic E-state index is 12.5. The first-order valence-electron chi connectivity index (χ1n) is 6.87. The Bertz CT molecular complexity index is 448. The molecule has 2 rings (SSSR count). The van der Waals surface area contributed by atoms with Crippen LogP contribution in [0.25, 0.3) is 0 Å². The predicted octanol–water partition coefficient (Wildman–Crippen LogP) is 1.60. The predicted molar refractivity (Wildman–Crippen MR) is 75.7 cm³/mol. The number of carbonyl (C=O) groups excluding carboxylic acids is 1. The minimum atomic E-state index is -0.180. The molecule has 0 aliphatic carbocycles. The Morgan fingerprint density at radius 2 is 2.37 bits per heavy atom. The van der Waals surface area contributed by atoms with E-state index in [4.69, 9.17) is 5.73 Å². The van der Waals surface area contributed by atoms with E-state index >= 15 is 0 Å². The maximum Gasteiger partial charge on any atom is 0.229 e. The molecule has 1 aromatic rings. The topological polar surface area (TPSA) is 66.6 Å². The number of aliphatic hydroxyl groups excluding tert-OH is 1. The van der Waals surface area contributed by atoms with Gasteiger partial charge in [0.15, 0.2) is 0 Å². The summed E-state index contributed by atoms with van der Waals surface area (Å²) >= 11 is 0. The molecule has 1 saturated heterocycles. The fourth-order valence-corrected chi connectivity index (χ4v) is 2.66. The average Bonchev–Trinajstić information content (AvgIpc) is 2.45. The third-order valence-corrected chi connectivity index (χ3v) is 3.87. The summed E-state index contributed by atoms with van der Waals surface area (Å²) in [5.41, 5.74) is 7.40. The average molecular weight is 262 g/mol. The van der Waals surface area contributed by atoms with Crippen molar-refractivity contribution in [2.45, 2.75) is 25.7 Å². The summed E-state index contributed by atoms with van der Waals surface area (Å²) in [6, 6.07) is 7.49. The molecule has 4 heteroatoms. The normalized spacial score (nSPS) is 21.2. The standard InChI is InChI=1S/C15H22N2O2/c1-11(13-5-2-6-14(16)8-13)15(19)17-7-3-4-12(9-17)10-18/h2,5-6,8,11-12,18H,3-4,7,9-10,16H2,1H3. The summed E-state index contributed by atoms with van der Waals surface area (Å²) in [4.78, 5) is 14.3. The first kappa shape index (κ1) is 13.9. The summed E-state index contributed by atoms with van der Waals surface area (Å²) in [5, 5.41) is 9.23. The molecular formula is C15H22N2O2. The third-order valence-electron chi connectivity index (χ3n) is 3.87. The molecule has 1 amide bonds. The maximum absolute atomic E-state index is 12.5. The van der Waals surface area contributed by atoms with E-state index in [2.05, 4.69) is 0 Å². The fraction of sp³-hybridized carbons (Fsp3) is 0.533. The van der Waals surface area contributed by atoms with Gasteiger partial charge in [0.2, 0.25) is 5.91 Å². The number of hydrogen-bond donors (Lipinski definition) is 2. The minimum Gasteiger partial charge on any atom is -0.399 e. The van der Waals surface area contributed by atoms with Gasteiger partial charge in [-0.3, -0.25) is 4.79 Å². The van der Waals surface area contributed by atoms with Crippen LogP contribution >= 0.6 is 0 Å². The van der Waals surface area contributed by atoms with Crippen molar-refractivity contribution in [1.82, 2.24) is 4.90 Å². The number of nitrogens with zero attached hydrogens (tertiary/aromatic N) is 1. The number of nitrogen functional groups attached to an aromatic ring is 1. The molecule has 2 atom stereocenters. The highest BCUT2D eigenvalue weighted by Crippen LogP contribution is 2.23. The van der Waals surface area contributed by atoms with Gasteiger partial charge in [0.25, 0.3) is 0 Å². The van der Waals surface area contributed by atoms with Gasteiger partial charge >= 0.3 is 0 Å². The van der Waals surface area contributed by atoms with Gasteiger partial charge < -0.3 is 15.7 Å². The van der Waals surface area contributed by atoms with Crippen LogP contribution in [0.3, 0.4) is 0 Å². The molecule has 1 heterocycles. The van der Waals surface area contributed by atoms with Crippen molar-refractivity contribution >= 4 is 11.6 Å². The monoisotopic (exact) mass is 262 g/mol. The zero-order chi connectivity index (χ0) is 13.8. The van der Waals surface area contributed by atoms with E-state index in [9.17, 15) is 9.90 Å². The summed E-state index contributed by atoms with van der Waals surface area (Å²) in [7, 11) is 0. The van der Waals surface area contributed by atoms with E-state index in [1.54, 1.807) is 0 Å². The van der Waals surface area contributed by atoms with E-state index in [0.717, 1.165) is 24.9 Å². The minimum absolute atomic E-state index is 0.128. The number of nitrogens with two attached hydrogens (primary N) is 1. The molecule has 0 radical (unpaired) electrons. The summed E-state index contributed by atoms with van der Waals surface area (Å²) in [6.07, 6.45) is 1.98. The molecule has 0 saturated carbocycles. The van der Waals surface area contributed by atoms with Crippen LogP contribution in [0.1, 0.15) is 31.2 Å². The summed E-state index contributed by atoms with van der Waals surface area (Å²) < 4.78 is 0. The highest BCUT2D eigenvalue weighted by Gasteiger charge is 2.27. The number of anilines is 1. The molecule has 0 spiro atoms. The van der Waals surface area contributed by atoms with Crippen molar-refractivity contribution in [3.8, 4) is 0 Å². The number of benzene rings is 1. The van der Waals surface area contributed by atoms with Gasteiger partial charge in [-0.05, 0) is 43.4 Å².